The fraction of sp³-hybridized carbons (Fsp3) is 0.857. The Morgan fingerprint density at radius 3 is 2.50 bits per heavy atom. The van der Waals surface area contributed by atoms with Gasteiger partial charge in [-0.1, -0.05) is 0 Å². The maximum absolute atomic E-state index is 10.6. The number of ether oxygens (including phenoxy) is 2. The zero-order chi connectivity index (χ0) is 8.97. The molecule has 2 atom stereocenters. The molecule has 70 valence electrons. The van der Waals surface area contributed by atoms with Crippen molar-refractivity contribution in [2.75, 3.05) is 26.4 Å². The van der Waals surface area contributed by atoms with Crippen molar-refractivity contribution in [1.29, 1.82) is 0 Å². The summed E-state index contributed by atoms with van der Waals surface area (Å²) in [6.45, 7) is 1.40. The van der Waals surface area contributed by atoms with E-state index in [2.05, 4.69) is 0 Å². The molecule has 0 bridgehead atoms. The summed E-state index contributed by atoms with van der Waals surface area (Å²) >= 11 is 0. The maximum atomic E-state index is 10.6. The van der Waals surface area contributed by atoms with Crippen molar-refractivity contribution in [3.05, 3.63) is 0 Å². The highest BCUT2D eigenvalue weighted by atomic mass is 16.5. The van der Waals surface area contributed by atoms with Crippen LogP contribution in [0.3, 0.4) is 0 Å². The van der Waals surface area contributed by atoms with Gasteiger partial charge in [0, 0.05) is 6.04 Å². The number of carboxylic acids is 1. The summed E-state index contributed by atoms with van der Waals surface area (Å²) in [5, 5.41) is 8.71. The Kier molecular flexibility index (Phi) is 3.46. The van der Waals surface area contributed by atoms with Crippen molar-refractivity contribution in [2.45, 2.75) is 6.04 Å². The molecule has 3 N–H and O–H groups in total. The summed E-state index contributed by atoms with van der Waals surface area (Å²) < 4.78 is 10.1. The van der Waals surface area contributed by atoms with Crippen LogP contribution >= 0.6 is 0 Å². The summed E-state index contributed by atoms with van der Waals surface area (Å²) in [4.78, 5) is 10.6. The van der Waals surface area contributed by atoms with Crippen LogP contribution in [-0.4, -0.2) is 43.5 Å². The van der Waals surface area contributed by atoms with E-state index in [1.165, 1.54) is 0 Å². The number of carbonyl (C=O) groups is 1. The Labute approximate surface area is 70.4 Å². The largest absolute Gasteiger partial charge is 0.481 e. The van der Waals surface area contributed by atoms with Crippen molar-refractivity contribution < 1.29 is 19.4 Å². The van der Waals surface area contributed by atoms with Gasteiger partial charge in [0.15, 0.2) is 0 Å². The summed E-state index contributed by atoms with van der Waals surface area (Å²) in [7, 11) is 0. The fourth-order valence-corrected chi connectivity index (χ4v) is 1.04. The van der Waals surface area contributed by atoms with Gasteiger partial charge in [-0.15, -0.1) is 0 Å². The van der Waals surface area contributed by atoms with Gasteiger partial charge in [0.2, 0.25) is 0 Å². The summed E-state index contributed by atoms with van der Waals surface area (Å²) in [5.41, 5.74) is 5.56. The Hall–Kier alpha value is -0.650. The highest BCUT2D eigenvalue weighted by molar-refractivity contribution is 5.71. The maximum Gasteiger partial charge on any atom is 0.310 e. The first-order chi connectivity index (χ1) is 5.72. The molecule has 0 aromatic rings. The van der Waals surface area contributed by atoms with Crippen molar-refractivity contribution >= 4 is 5.97 Å². The lowest BCUT2D eigenvalue weighted by molar-refractivity contribution is -0.147. The van der Waals surface area contributed by atoms with Crippen LogP contribution in [0.5, 0.6) is 0 Å². The molecule has 1 saturated heterocycles. The monoisotopic (exact) mass is 175 g/mol. The van der Waals surface area contributed by atoms with E-state index < -0.39 is 17.9 Å². The first kappa shape index (κ1) is 9.44. The molecular weight excluding hydrogens is 162 g/mol. The van der Waals surface area contributed by atoms with E-state index in [-0.39, 0.29) is 6.61 Å². The van der Waals surface area contributed by atoms with E-state index in [0.717, 1.165) is 0 Å². The normalized spacial score (nSPS) is 32.1. The first-order valence-electron chi connectivity index (χ1n) is 3.85. The van der Waals surface area contributed by atoms with Gasteiger partial charge in [-0.2, -0.15) is 0 Å². The third kappa shape index (κ3) is 2.44. The third-order valence-electron chi connectivity index (χ3n) is 1.81. The number of nitrogens with two attached hydrogens (primary N) is 1. The van der Waals surface area contributed by atoms with Crippen molar-refractivity contribution in [3.8, 4) is 0 Å². The summed E-state index contributed by atoms with van der Waals surface area (Å²) in [6, 6.07) is -0.470. The predicted octanol–water partition coefficient (Wildman–Crippen LogP) is -0.939. The zero-order valence-electron chi connectivity index (χ0n) is 6.73. The van der Waals surface area contributed by atoms with Gasteiger partial charge in [-0.25, -0.2) is 0 Å². The minimum atomic E-state index is -0.923. The minimum absolute atomic E-state index is 0.180. The van der Waals surface area contributed by atoms with Gasteiger partial charge in [-0.05, 0) is 0 Å². The molecule has 0 radical (unpaired) electrons. The van der Waals surface area contributed by atoms with E-state index in [0.29, 0.717) is 19.8 Å². The van der Waals surface area contributed by atoms with Gasteiger partial charge < -0.3 is 20.3 Å². The Morgan fingerprint density at radius 1 is 1.33 bits per heavy atom. The third-order valence-corrected chi connectivity index (χ3v) is 1.81. The van der Waals surface area contributed by atoms with Crippen LogP contribution < -0.4 is 5.73 Å². The second kappa shape index (κ2) is 4.39. The van der Waals surface area contributed by atoms with Gasteiger partial charge in [0.1, 0.15) is 0 Å². The Morgan fingerprint density at radius 2 is 1.92 bits per heavy atom. The minimum Gasteiger partial charge on any atom is -0.481 e. The molecule has 0 amide bonds. The summed E-state index contributed by atoms with van der Waals surface area (Å²) in [6.07, 6.45) is 0. The second-order valence-electron chi connectivity index (χ2n) is 2.76. The molecule has 1 fully saturated rings. The number of carboxylic acid groups (broad SMARTS) is 1. The zero-order valence-corrected chi connectivity index (χ0v) is 6.73. The molecule has 0 aliphatic carbocycles. The lowest BCUT2D eigenvalue weighted by atomic mass is 10.0. The molecular formula is C7H13NO4. The molecule has 1 rings (SSSR count). The molecule has 0 aromatic carbocycles. The van der Waals surface area contributed by atoms with E-state index in [4.69, 9.17) is 20.3 Å². The Bertz CT molecular complexity index is 161. The molecule has 0 aromatic heterocycles. The van der Waals surface area contributed by atoms with Crippen LogP contribution in [0.1, 0.15) is 0 Å². The van der Waals surface area contributed by atoms with Crippen molar-refractivity contribution in [1.82, 2.24) is 0 Å². The van der Waals surface area contributed by atoms with Crippen LogP contribution in [0.25, 0.3) is 0 Å². The molecule has 1 aliphatic heterocycles. The molecule has 5 nitrogen and oxygen atoms in total. The fourth-order valence-electron chi connectivity index (χ4n) is 1.04. The molecule has 12 heavy (non-hydrogen) atoms. The lowest BCUT2D eigenvalue weighted by Gasteiger charge is -2.22. The molecule has 2 unspecified atom stereocenters. The highest BCUT2D eigenvalue weighted by Crippen LogP contribution is 2.06. The Balaban J connectivity index is 2.48. The number of aliphatic carboxylic acids is 1. The smallest absolute Gasteiger partial charge is 0.310 e. The standard InChI is InChI=1S/C7H13NO4/c8-6-4-12-2-1-11-3-5(6)7(9)10/h5-6H,1-4,8H2,(H,9,10). The molecule has 0 spiro atoms. The number of rotatable bonds is 1. The second-order valence-corrected chi connectivity index (χ2v) is 2.76. The first-order valence-corrected chi connectivity index (χ1v) is 3.85. The molecule has 1 aliphatic rings. The van der Waals surface area contributed by atoms with Crippen molar-refractivity contribution in [3.63, 3.8) is 0 Å². The molecule has 0 saturated carbocycles. The molecule has 1 heterocycles. The number of hydrogen-bond donors (Lipinski definition) is 2. The average Bonchev–Trinajstić information content (AvgIpc) is 1.96. The van der Waals surface area contributed by atoms with Crippen LogP contribution in [0.2, 0.25) is 0 Å². The van der Waals surface area contributed by atoms with Crippen LogP contribution in [0.15, 0.2) is 0 Å². The van der Waals surface area contributed by atoms with Gasteiger partial charge in [0.05, 0.1) is 32.3 Å². The number of hydrogen-bond acceptors (Lipinski definition) is 4. The van der Waals surface area contributed by atoms with E-state index >= 15 is 0 Å². The van der Waals surface area contributed by atoms with Gasteiger partial charge >= 0.3 is 5.97 Å². The van der Waals surface area contributed by atoms with E-state index in [1.807, 2.05) is 0 Å². The topological polar surface area (TPSA) is 81.8 Å². The average molecular weight is 175 g/mol. The van der Waals surface area contributed by atoms with Crippen molar-refractivity contribution in [2.24, 2.45) is 11.7 Å². The van der Waals surface area contributed by atoms with Gasteiger partial charge in [-0.3, -0.25) is 4.79 Å². The molecule has 5 heteroatoms. The van der Waals surface area contributed by atoms with Crippen LogP contribution in [-0.2, 0) is 14.3 Å². The quantitative estimate of drug-likeness (QED) is 0.537. The highest BCUT2D eigenvalue weighted by Gasteiger charge is 2.26. The lowest BCUT2D eigenvalue weighted by Crippen LogP contribution is -2.43. The van der Waals surface area contributed by atoms with Crippen LogP contribution in [0, 0.1) is 5.92 Å². The predicted molar refractivity (Wildman–Crippen MR) is 40.7 cm³/mol. The SMILES string of the molecule is NC1COCCOCC1C(=O)O. The van der Waals surface area contributed by atoms with Crippen LogP contribution in [0.4, 0.5) is 0 Å². The van der Waals surface area contributed by atoms with E-state index in [9.17, 15) is 4.79 Å². The van der Waals surface area contributed by atoms with E-state index in [1.54, 1.807) is 0 Å². The summed E-state index contributed by atoms with van der Waals surface area (Å²) in [5.74, 6) is -1.57. The van der Waals surface area contributed by atoms with Gasteiger partial charge in [0.25, 0.3) is 0 Å².